The highest BCUT2D eigenvalue weighted by Gasteiger charge is 2.31. The SMILES string of the molecule is OCCCNc1cc(N2CCc3cc(OC(F)(F)F)ccc3C2)ncn1. The average molecular weight is 368 g/mol. The number of ether oxygens (including phenoxy) is 1. The van der Waals surface area contributed by atoms with Crippen LogP contribution in [0.5, 0.6) is 5.75 Å². The van der Waals surface area contributed by atoms with Crippen LogP contribution in [-0.4, -0.2) is 41.1 Å². The quantitative estimate of drug-likeness (QED) is 0.764. The maximum absolute atomic E-state index is 12.3. The first-order chi connectivity index (χ1) is 12.4. The Hall–Kier alpha value is -2.55. The van der Waals surface area contributed by atoms with E-state index in [2.05, 4.69) is 20.0 Å². The number of hydrogen-bond acceptors (Lipinski definition) is 6. The second-order valence-electron chi connectivity index (χ2n) is 5.92. The molecule has 0 radical (unpaired) electrons. The first-order valence-corrected chi connectivity index (χ1v) is 8.24. The standard InChI is InChI=1S/C17H19F3N4O2/c18-17(19,20)26-14-3-2-13-10-24(6-4-12(13)8-14)16-9-15(22-11-23-16)21-5-1-7-25/h2-3,8-9,11,25H,1,4-7,10H2,(H,21,22,23). The molecule has 3 rings (SSSR count). The highest BCUT2D eigenvalue weighted by molar-refractivity contribution is 5.51. The molecule has 26 heavy (non-hydrogen) atoms. The molecule has 1 aliphatic rings. The first kappa shape index (κ1) is 18.2. The number of aliphatic hydroxyl groups is 1. The monoisotopic (exact) mass is 368 g/mol. The molecule has 0 atom stereocenters. The Kier molecular flexibility index (Phi) is 5.46. The number of alkyl halides is 3. The number of rotatable bonds is 6. The maximum Gasteiger partial charge on any atom is 0.573 e. The van der Waals surface area contributed by atoms with Crippen molar-refractivity contribution in [3.05, 3.63) is 41.7 Å². The van der Waals surface area contributed by atoms with Crippen LogP contribution in [0.25, 0.3) is 0 Å². The maximum atomic E-state index is 12.3. The number of nitrogens with one attached hydrogen (secondary N) is 1. The minimum Gasteiger partial charge on any atom is -0.406 e. The molecule has 0 amide bonds. The van der Waals surface area contributed by atoms with Gasteiger partial charge in [0.2, 0.25) is 0 Å². The van der Waals surface area contributed by atoms with Crippen LogP contribution in [0, 0.1) is 0 Å². The molecular formula is C17H19F3N4O2. The van der Waals surface area contributed by atoms with E-state index in [4.69, 9.17) is 5.11 Å². The van der Waals surface area contributed by atoms with E-state index in [0.29, 0.717) is 38.3 Å². The summed E-state index contributed by atoms with van der Waals surface area (Å²) >= 11 is 0. The van der Waals surface area contributed by atoms with Gasteiger partial charge in [0.1, 0.15) is 23.7 Å². The van der Waals surface area contributed by atoms with E-state index in [1.165, 1.54) is 18.5 Å². The topological polar surface area (TPSA) is 70.5 Å². The Morgan fingerprint density at radius 3 is 2.81 bits per heavy atom. The van der Waals surface area contributed by atoms with E-state index in [1.54, 1.807) is 6.07 Å². The summed E-state index contributed by atoms with van der Waals surface area (Å²) in [5.41, 5.74) is 1.79. The summed E-state index contributed by atoms with van der Waals surface area (Å²) in [7, 11) is 0. The number of aliphatic hydroxyl groups excluding tert-OH is 1. The summed E-state index contributed by atoms with van der Waals surface area (Å²) in [6.45, 7) is 1.90. The molecule has 1 aromatic carbocycles. The molecule has 6 nitrogen and oxygen atoms in total. The lowest BCUT2D eigenvalue weighted by molar-refractivity contribution is -0.274. The van der Waals surface area contributed by atoms with Crippen molar-refractivity contribution in [2.75, 3.05) is 29.9 Å². The number of benzene rings is 1. The average Bonchev–Trinajstić information content (AvgIpc) is 2.60. The van der Waals surface area contributed by atoms with Crippen LogP contribution < -0.4 is 15.0 Å². The Morgan fingerprint density at radius 2 is 2.04 bits per heavy atom. The zero-order valence-corrected chi connectivity index (χ0v) is 14.0. The summed E-state index contributed by atoms with van der Waals surface area (Å²) in [5.74, 6) is 1.22. The summed E-state index contributed by atoms with van der Waals surface area (Å²) < 4.78 is 41.0. The van der Waals surface area contributed by atoms with Gasteiger partial charge >= 0.3 is 6.36 Å². The number of aromatic nitrogens is 2. The van der Waals surface area contributed by atoms with Gasteiger partial charge in [-0.15, -0.1) is 13.2 Å². The zero-order chi connectivity index (χ0) is 18.6. The molecular weight excluding hydrogens is 349 g/mol. The predicted molar refractivity (Wildman–Crippen MR) is 90.1 cm³/mol. The fourth-order valence-corrected chi connectivity index (χ4v) is 2.83. The van der Waals surface area contributed by atoms with Crippen LogP contribution in [0.15, 0.2) is 30.6 Å². The van der Waals surface area contributed by atoms with Crippen molar-refractivity contribution < 1.29 is 23.0 Å². The number of hydrogen-bond donors (Lipinski definition) is 2. The number of fused-ring (bicyclic) bond motifs is 1. The molecule has 2 heterocycles. The molecule has 0 bridgehead atoms. The highest BCUT2D eigenvalue weighted by Crippen LogP contribution is 2.29. The molecule has 0 fully saturated rings. The fourth-order valence-electron chi connectivity index (χ4n) is 2.83. The van der Waals surface area contributed by atoms with Crippen molar-refractivity contribution in [2.45, 2.75) is 25.7 Å². The molecule has 0 aliphatic carbocycles. The van der Waals surface area contributed by atoms with E-state index in [-0.39, 0.29) is 12.4 Å². The molecule has 1 aliphatic heterocycles. The number of nitrogens with zero attached hydrogens (tertiary/aromatic N) is 3. The highest BCUT2D eigenvalue weighted by atomic mass is 19.4. The molecule has 0 saturated heterocycles. The van der Waals surface area contributed by atoms with E-state index in [1.807, 2.05) is 11.0 Å². The minimum absolute atomic E-state index is 0.105. The lowest BCUT2D eigenvalue weighted by Gasteiger charge is -2.30. The Balaban J connectivity index is 1.69. The molecule has 2 N–H and O–H groups in total. The predicted octanol–water partition coefficient (Wildman–Crippen LogP) is 2.73. The van der Waals surface area contributed by atoms with Gasteiger partial charge in [0.25, 0.3) is 0 Å². The third kappa shape index (κ3) is 4.75. The van der Waals surface area contributed by atoms with Crippen LogP contribution in [0.4, 0.5) is 24.8 Å². The van der Waals surface area contributed by atoms with Gasteiger partial charge in [-0.2, -0.15) is 0 Å². The van der Waals surface area contributed by atoms with Gasteiger partial charge in [-0.3, -0.25) is 0 Å². The van der Waals surface area contributed by atoms with E-state index >= 15 is 0 Å². The molecule has 0 unspecified atom stereocenters. The smallest absolute Gasteiger partial charge is 0.406 e. The second kappa shape index (κ2) is 7.77. The van der Waals surface area contributed by atoms with Crippen molar-refractivity contribution in [3.8, 4) is 5.75 Å². The molecule has 0 saturated carbocycles. The van der Waals surface area contributed by atoms with Gasteiger partial charge in [0, 0.05) is 32.3 Å². The van der Waals surface area contributed by atoms with Gasteiger partial charge in [0.15, 0.2) is 0 Å². The van der Waals surface area contributed by atoms with Crippen LogP contribution in [0.2, 0.25) is 0 Å². The first-order valence-electron chi connectivity index (χ1n) is 8.24. The van der Waals surface area contributed by atoms with E-state index in [0.717, 1.165) is 16.9 Å². The summed E-state index contributed by atoms with van der Waals surface area (Å²) in [6.07, 6.45) is -2.00. The molecule has 2 aromatic rings. The number of halogens is 3. The lowest BCUT2D eigenvalue weighted by Crippen LogP contribution is -2.31. The van der Waals surface area contributed by atoms with E-state index in [9.17, 15) is 13.2 Å². The van der Waals surface area contributed by atoms with Crippen LogP contribution >= 0.6 is 0 Å². The third-order valence-electron chi connectivity index (χ3n) is 4.04. The zero-order valence-electron chi connectivity index (χ0n) is 14.0. The van der Waals surface area contributed by atoms with Crippen LogP contribution in [-0.2, 0) is 13.0 Å². The van der Waals surface area contributed by atoms with Crippen molar-refractivity contribution >= 4 is 11.6 Å². The van der Waals surface area contributed by atoms with Gasteiger partial charge in [-0.1, -0.05) is 6.07 Å². The summed E-state index contributed by atoms with van der Waals surface area (Å²) in [5, 5.41) is 11.9. The van der Waals surface area contributed by atoms with Gasteiger partial charge in [0.05, 0.1) is 0 Å². The summed E-state index contributed by atoms with van der Waals surface area (Å²) in [4.78, 5) is 10.5. The minimum atomic E-state index is -4.69. The second-order valence-corrected chi connectivity index (χ2v) is 5.92. The van der Waals surface area contributed by atoms with Crippen LogP contribution in [0.1, 0.15) is 17.5 Å². The van der Waals surface area contributed by atoms with Gasteiger partial charge in [-0.05, 0) is 36.1 Å². The van der Waals surface area contributed by atoms with Gasteiger partial charge < -0.3 is 20.1 Å². The lowest BCUT2D eigenvalue weighted by atomic mass is 9.99. The van der Waals surface area contributed by atoms with Crippen molar-refractivity contribution in [1.29, 1.82) is 0 Å². The molecule has 9 heteroatoms. The Bertz CT molecular complexity index is 755. The molecule has 0 spiro atoms. The van der Waals surface area contributed by atoms with Crippen molar-refractivity contribution in [3.63, 3.8) is 0 Å². The Labute approximate surface area is 148 Å². The summed E-state index contributed by atoms with van der Waals surface area (Å²) in [6, 6.07) is 6.26. The molecule has 1 aromatic heterocycles. The van der Waals surface area contributed by atoms with Crippen LogP contribution in [0.3, 0.4) is 0 Å². The van der Waals surface area contributed by atoms with Crippen molar-refractivity contribution in [2.24, 2.45) is 0 Å². The largest absolute Gasteiger partial charge is 0.573 e. The Morgan fingerprint density at radius 1 is 1.19 bits per heavy atom. The third-order valence-corrected chi connectivity index (χ3v) is 4.04. The fraction of sp³-hybridized carbons (Fsp3) is 0.412. The molecule has 140 valence electrons. The van der Waals surface area contributed by atoms with E-state index < -0.39 is 6.36 Å². The van der Waals surface area contributed by atoms with Crippen molar-refractivity contribution in [1.82, 2.24) is 9.97 Å². The normalized spacial score (nSPS) is 14.1. The van der Waals surface area contributed by atoms with Gasteiger partial charge in [-0.25, -0.2) is 9.97 Å². The number of anilines is 2.